The van der Waals surface area contributed by atoms with Crippen molar-refractivity contribution in [3.63, 3.8) is 0 Å². The molecule has 4 nitrogen and oxygen atoms in total. The summed E-state index contributed by atoms with van der Waals surface area (Å²) in [4.78, 5) is 22.4. The summed E-state index contributed by atoms with van der Waals surface area (Å²) in [6.45, 7) is -0.407. The van der Waals surface area contributed by atoms with Crippen molar-refractivity contribution in [2.24, 2.45) is 0 Å². The fourth-order valence-corrected chi connectivity index (χ4v) is 2.16. The van der Waals surface area contributed by atoms with Gasteiger partial charge < -0.3 is 9.84 Å². The van der Waals surface area contributed by atoms with Crippen molar-refractivity contribution >= 4 is 33.8 Å². The monoisotopic (exact) mass is 360 g/mol. The van der Waals surface area contributed by atoms with Gasteiger partial charge in [0.1, 0.15) is 5.75 Å². The Balaban J connectivity index is 2.02. The predicted molar refractivity (Wildman–Crippen MR) is 87.1 cm³/mol. The second kappa shape index (κ2) is 7.56. The van der Waals surface area contributed by atoms with E-state index in [9.17, 15) is 9.59 Å². The van der Waals surface area contributed by atoms with Crippen molar-refractivity contribution in [2.75, 3.05) is 6.61 Å². The molecule has 0 heterocycles. The van der Waals surface area contributed by atoms with Gasteiger partial charge in [-0.1, -0.05) is 34.1 Å². The summed E-state index contributed by atoms with van der Waals surface area (Å²) in [6.07, 6.45) is 3.23. The number of aliphatic carboxylic acids is 1. The minimum absolute atomic E-state index is 0.134. The van der Waals surface area contributed by atoms with Crippen LogP contribution in [0, 0.1) is 0 Å². The molecule has 0 saturated heterocycles. The highest BCUT2D eigenvalue weighted by molar-refractivity contribution is 9.10. The van der Waals surface area contributed by atoms with E-state index in [2.05, 4.69) is 15.9 Å². The number of allylic oxidation sites excluding steroid dienone is 1. The molecule has 0 atom stereocenters. The first-order valence-electron chi connectivity index (χ1n) is 6.47. The number of carboxylic acids is 1. The average molecular weight is 361 g/mol. The third kappa shape index (κ3) is 4.86. The first kappa shape index (κ1) is 16.0. The van der Waals surface area contributed by atoms with Crippen LogP contribution in [0.2, 0.25) is 0 Å². The van der Waals surface area contributed by atoms with Crippen molar-refractivity contribution in [1.29, 1.82) is 0 Å². The molecule has 2 aromatic rings. The molecule has 0 spiro atoms. The highest BCUT2D eigenvalue weighted by atomic mass is 79.9. The van der Waals surface area contributed by atoms with Crippen LogP contribution in [0.3, 0.4) is 0 Å². The Morgan fingerprint density at radius 3 is 2.50 bits per heavy atom. The van der Waals surface area contributed by atoms with E-state index in [4.69, 9.17) is 9.84 Å². The van der Waals surface area contributed by atoms with E-state index >= 15 is 0 Å². The van der Waals surface area contributed by atoms with Crippen LogP contribution in [0.15, 0.2) is 59.1 Å². The summed E-state index contributed by atoms with van der Waals surface area (Å²) < 4.78 is 5.96. The molecule has 5 heteroatoms. The second-order valence-corrected chi connectivity index (χ2v) is 5.38. The average Bonchev–Trinajstić information content (AvgIpc) is 2.51. The quantitative estimate of drug-likeness (QED) is 0.628. The molecule has 0 fully saturated rings. The molecular formula is C17H13BrO4. The van der Waals surface area contributed by atoms with Crippen LogP contribution in [0.25, 0.3) is 6.08 Å². The molecule has 0 amide bonds. The van der Waals surface area contributed by atoms with Gasteiger partial charge in [-0.15, -0.1) is 0 Å². The van der Waals surface area contributed by atoms with Gasteiger partial charge in [-0.3, -0.25) is 4.79 Å². The topological polar surface area (TPSA) is 63.6 Å². The van der Waals surface area contributed by atoms with Crippen LogP contribution in [0.1, 0.15) is 15.9 Å². The Morgan fingerprint density at radius 2 is 1.86 bits per heavy atom. The number of ether oxygens (including phenoxy) is 1. The Bertz CT molecular complexity index is 705. The van der Waals surface area contributed by atoms with Crippen molar-refractivity contribution in [2.45, 2.75) is 0 Å². The zero-order valence-corrected chi connectivity index (χ0v) is 13.1. The third-order valence-electron chi connectivity index (χ3n) is 2.78. The summed E-state index contributed by atoms with van der Waals surface area (Å²) >= 11 is 3.37. The first-order chi connectivity index (χ1) is 10.5. The van der Waals surface area contributed by atoms with E-state index in [-0.39, 0.29) is 5.78 Å². The lowest BCUT2D eigenvalue weighted by molar-refractivity contribution is -0.139. The zero-order chi connectivity index (χ0) is 15.9. The van der Waals surface area contributed by atoms with Crippen molar-refractivity contribution in [3.8, 4) is 5.75 Å². The number of benzene rings is 2. The third-order valence-corrected chi connectivity index (χ3v) is 3.27. The molecule has 1 N–H and O–H groups in total. The lowest BCUT2D eigenvalue weighted by Gasteiger charge is -2.03. The largest absolute Gasteiger partial charge is 0.482 e. The molecule has 0 aliphatic carbocycles. The molecule has 2 aromatic carbocycles. The van der Waals surface area contributed by atoms with Crippen LogP contribution in [0.5, 0.6) is 5.75 Å². The number of carbonyl (C=O) groups is 2. The first-order valence-corrected chi connectivity index (χ1v) is 7.26. The highest BCUT2D eigenvalue weighted by Crippen LogP contribution is 2.15. The normalized spacial score (nSPS) is 10.6. The lowest BCUT2D eigenvalue weighted by Crippen LogP contribution is -2.09. The van der Waals surface area contributed by atoms with Crippen molar-refractivity contribution in [1.82, 2.24) is 0 Å². The molecule has 0 radical (unpaired) electrons. The van der Waals surface area contributed by atoms with Gasteiger partial charge in [-0.05, 0) is 48.0 Å². The highest BCUT2D eigenvalue weighted by Gasteiger charge is 2.03. The molecule has 2 rings (SSSR count). The molecule has 22 heavy (non-hydrogen) atoms. The van der Waals surface area contributed by atoms with Crippen LogP contribution in [-0.4, -0.2) is 23.5 Å². The molecular weight excluding hydrogens is 348 g/mol. The minimum Gasteiger partial charge on any atom is -0.482 e. The Morgan fingerprint density at radius 1 is 1.14 bits per heavy atom. The van der Waals surface area contributed by atoms with Crippen LogP contribution >= 0.6 is 15.9 Å². The summed E-state index contributed by atoms with van der Waals surface area (Å²) in [7, 11) is 0. The standard InChI is InChI=1S/C17H13BrO4/c18-14-3-1-2-12(10-14)4-9-16(19)13-5-7-15(8-6-13)22-11-17(20)21/h1-10H,11H2,(H,20,21)/b9-4+. The summed E-state index contributed by atoms with van der Waals surface area (Å²) in [5.74, 6) is -0.767. The minimum atomic E-state index is -1.04. The Hall–Kier alpha value is -2.40. The molecule has 0 saturated carbocycles. The Kier molecular flexibility index (Phi) is 5.49. The van der Waals surface area contributed by atoms with Crippen molar-refractivity contribution in [3.05, 3.63) is 70.2 Å². The van der Waals surface area contributed by atoms with Gasteiger partial charge in [0, 0.05) is 10.0 Å². The fourth-order valence-electron chi connectivity index (χ4n) is 1.74. The number of halogens is 1. The van der Waals surface area contributed by atoms with E-state index in [0.717, 1.165) is 10.0 Å². The van der Waals surface area contributed by atoms with Crippen molar-refractivity contribution < 1.29 is 19.4 Å². The maximum Gasteiger partial charge on any atom is 0.341 e. The molecule has 0 bridgehead atoms. The van der Waals surface area contributed by atoms with Gasteiger partial charge in [0.2, 0.25) is 0 Å². The van der Waals surface area contributed by atoms with Gasteiger partial charge in [0.15, 0.2) is 12.4 Å². The number of rotatable bonds is 6. The summed E-state index contributed by atoms with van der Waals surface area (Å²) in [6, 6.07) is 14.0. The van der Waals surface area contributed by atoms with E-state index in [1.165, 1.54) is 6.08 Å². The van der Waals surface area contributed by atoms with Gasteiger partial charge in [-0.25, -0.2) is 4.79 Å². The van der Waals surface area contributed by atoms with Crippen LogP contribution in [0.4, 0.5) is 0 Å². The van der Waals surface area contributed by atoms with E-state index < -0.39 is 12.6 Å². The number of carbonyl (C=O) groups excluding carboxylic acids is 1. The second-order valence-electron chi connectivity index (χ2n) is 4.46. The zero-order valence-electron chi connectivity index (χ0n) is 11.5. The maximum absolute atomic E-state index is 12.0. The molecule has 0 aliphatic heterocycles. The molecule has 0 unspecified atom stereocenters. The van der Waals surface area contributed by atoms with Gasteiger partial charge in [0.05, 0.1) is 0 Å². The van der Waals surface area contributed by atoms with Gasteiger partial charge in [-0.2, -0.15) is 0 Å². The van der Waals surface area contributed by atoms with Gasteiger partial charge in [0.25, 0.3) is 0 Å². The van der Waals surface area contributed by atoms with E-state index in [0.29, 0.717) is 11.3 Å². The summed E-state index contributed by atoms with van der Waals surface area (Å²) in [5, 5.41) is 8.52. The molecule has 0 aliphatic rings. The van der Waals surface area contributed by atoms with Crippen LogP contribution in [-0.2, 0) is 4.79 Å². The SMILES string of the molecule is O=C(O)COc1ccc(C(=O)/C=C/c2cccc(Br)c2)cc1. The van der Waals surface area contributed by atoms with E-state index in [1.807, 2.05) is 24.3 Å². The lowest BCUT2D eigenvalue weighted by atomic mass is 10.1. The maximum atomic E-state index is 12.0. The van der Waals surface area contributed by atoms with Gasteiger partial charge >= 0.3 is 5.97 Å². The molecule has 0 aromatic heterocycles. The Labute approximate surface area is 136 Å². The fraction of sp³-hybridized carbons (Fsp3) is 0.0588. The smallest absolute Gasteiger partial charge is 0.341 e. The number of carboxylic acid groups (broad SMARTS) is 1. The number of hydrogen-bond donors (Lipinski definition) is 1. The summed E-state index contributed by atoms with van der Waals surface area (Å²) in [5.41, 5.74) is 1.43. The predicted octanol–water partition coefficient (Wildman–Crippen LogP) is 3.81. The number of ketones is 1. The number of hydrogen-bond acceptors (Lipinski definition) is 3. The van der Waals surface area contributed by atoms with Crippen LogP contribution < -0.4 is 4.74 Å². The van der Waals surface area contributed by atoms with E-state index in [1.54, 1.807) is 30.3 Å². The molecule has 112 valence electrons.